The molecule has 6 aromatic rings. The van der Waals surface area contributed by atoms with Crippen LogP contribution in [0.15, 0.2) is 72.9 Å². The number of anilines is 4. The molecule has 11 heteroatoms. The van der Waals surface area contributed by atoms with E-state index in [2.05, 4.69) is 30.4 Å². The maximum atomic E-state index is 14.1. The quantitative estimate of drug-likeness (QED) is 0.258. The van der Waals surface area contributed by atoms with Gasteiger partial charge in [-0.25, -0.2) is 9.97 Å². The first-order valence-corrected chi connectivity index (χ1v) is 12.1. The van der Waals surface area contributed by atoms with E-state index < -0.39 is 11.7 Å². The number of halogens is 3. The van der Waals surface area contributed by atoms with Gasteiger partial charge in [0.2, 0.25) is 5.95 Å². The normalized spacial score (nSPS) is 11.8. The molecule has 39 heavy (non-hydrogen) atoms. The number of H-pyrrole nitrogens is 1. The number of hydrogen-bond donors (Lipinski definition) is 2. The third kappa shape index (κ3) is 4.52. The van der Waals surface area contributed by atoms with E-state index >= 15 is 0 Å². The monoisotopic (exact) mass is 528 g/mol. The minimum atomic E-state index is -4.60. The van der Waals surface area contributed by atoms with Crippen LogP contribution in [0, 0.1) is 6.92 Å². The summed E-state index contributed by atoms with van der Waals surface area (Å²) in [6.45, 7) is 2.01. The molecule has 0 radical (unpaired) electrons. The third-order valence-corrected chi connectivity index (χ3v) is 6.71. The molecule has 0 saturated heterocycles. The number of benzene rings is 3. The molecule has 0 amide bonds. The summed E-state index contributed by atoms with van der Waals surface area (Å²) >= 11 is 0. The van der Waals surface area contributed by atoms with E-state index in [0.717, 1.165) is 28.4 Å². The molecule has 2 N–H and O–H groups in total. The first kappa shape index (κ1) is 24.4. The van der Waals surface area contributed by atoms with Gasteiger partial charge in [0.25, 0.3) is 0 Å². The van der Waals surface area contributed by atoms with Crippen molar-refractivity contribution in [2.45, 2.75) is 13.1 Å². The van der Waals surface area contributed by atoms with Gasteiger partial charge in [0.15, 0.2) is 0 Å². The number of alkyl halides is 3. The first-order chi connectivity index (χ1) is 18.7. The van der Waals surface area contributed by atoms with Gasteiger partial charge in [-0.2, -0.15) is 23.3 Å². The second kappa shape index (κ2) is 9.12. The van der Waals surface area contributed by atoms with E-state index in [1.54, 1.807) is 42.6 Å². The molecule has 8 nitrogen and oxygen atoms in total. The van der Waals surface area contributed by atoms with Crippen molar-refractivity contribution in [3.8, 4) is 11.4 Å². The van der Waals surface area contributed by atoms with Crippen molar-refractivity contribution in [1.29, 1.82) is 0 Å². The van der Waals surface area contributed by atoms with Crippen molar-refractivity contribution >= 4 is 45.1 Å². The molecular weight excluding hydrogens is 505 g/mol. The van der Waals surface area contributed by atoms with Crippen LogP contribution < -0.4 is 10.2 Å². The predicted octanol–water partition coefficient (Wildman–Crippen LogP) is 6.75. The van der Waals surface area contributed by atoms with Crippen LogP contribution in [0.5, 0.6) is 0 Å². The van der Waals surface area contributed by atoms with Gasteiger partial charge in [0.1, 0.15) is 11.6 Å². The third-order valence-electron chi connectivity index (χ3n) is 6.71. The van der Waals surface area contributed by atoms with Gasteiger partial charge in [0, 0.05) is 48.3 Å². The van der Waals surface area contributed by atoms with Gasteiger partial charge in [-0.15, -0.1) is 0 Å². The van der Waals surface area contributed by atoms with Crippen molar-refractivity contribution < 1.29 is 13.2 Å². The topological polar surface area (TPSA) is 87.6 Å². The van der Waals surface area contributed by atoms with Crippen molar-refractivity contribution in [2.24, 2.45) is 7.05 Å². The summed E-state index contributed by atoms with van der Waals surface area (Å²) < 4.78 is 44.1. The van der Waals surface area contributed by atoms with Gasteiger partial charge >= 0.3 is 6.18 Å². The van der Waals surface area contributed by atoms with Crippen LogP contribution in [0.1, 0.15) is 11.3 Å². The van der Waals surface area contributed by atoms with Crippen LogP contribution in [-0.4, -0.2) is 36.8 Å². The van der Waals surface area contributed by atoms with E-state index in [1.807, 2.05) is 48.8 Å². The molecule has 3 heterocycles. The van der Waals surface area contributed by atoms with E-state index in [0.29, 0.717) is 16.9 Å². The summed E-state index contributed by atoms with van der Waals surface area (Å²) in [7, 11) is 3.75. The zero-order chi connectivity index (χ0) is 27.3. The zero-order valence-corrected chi connectivity index (χ0v) is 21.2. The minimum Gasteiger partial charge on any atom is -0.338 e. The summed E-state index contributed by atoms with van der Waals surface area (Å²) in [4.78, 5) is 17.9. The van der Waals surface area contributed by atoms with Crippen molar-refractivity contribution in [1.82, 2.24) is 29.7 Å². The van der Waals surface area contributed by atoms with Crippen molar-refractivity contribution in [2.75, 3.05) is 17.3 Å². The number of aromatic nitrogens is 6. The molecule has 6 rings (SSSR count). The van der Waals surface area contributed by atoms with Crippen LogP contribution in [0.4, 0.5) is 36.3 Å². The fourth-order valence-electron chi connectivity index (χ4n) is 4.53. The number of fused-ring (bicyclic) bond motifs is 2. The molecule has 0 fully saturated rings. The maximum Gasteiger partial charge on any atom is 0.417 e. The smallest absolute Gasteiger partial charge is 0.338 e. The number of hydrogen-bond acceptors (Lipinski definition) is 6. The molecular formula is C28H23F3N8. The molecule has 0 aliphatic rings. The molecule has 0 spiro atoms. The Morgan fingerprint density at radius 3 is 2.56 bits per heavy atom. The summed E-state index contributed by atoms with van der Waals surface area (Å²) in [5, 5.41) is 8.51. The Hall–Kier alpha value is -4.93. The van der Waals surface area contributed by atoms with E-state index in [4.69, 9.17) is 0 Å². The average Bonchev–Trinajstić information content (AvgIpc) is 3.48. The summed E-state index contributed by atoms with van der Waals surface area (Å²) in [5.41, 5.74) is 3.38. The highest BCUT2D eigenvalue weighted by atomic mass is 19.4. The average molecular weight is 529 g/mol. The number of nitrogens with zero attached hydrogens (tertiary/aromatic N) is 6. The number of aryl methyl sites for hydroxylation is 2. The number of para-hydroxylation sites is 2. The predicted molar refractivity (Wildman–Crippen MR) is 145 cm³/mol. The van der Waals surface area contributed by atoms with Gasteiger partial charge in [-0.05, 0) is 61.5 Å². The Labute approximate surface area is 221 Å². The van der Waals surface area contributed by atoms with Crippen LogP contribution >= 0.6 is 0 Å². The van der Waals surface area contributed by atoms with Crippen LogP contribution in [0.3, 0.4) is 0 Å². The molecule has 0 bridgehead atoms. The van der Waals surface area contributed by atoms with E-state index in [1.165, 1.54) is 6.07 Å². The Kier molecular flexibility index (Phi) is 5.71. The molecule has 0 aliphatic heterocycles. The summed E-state index contributed by atoms with van der Waals surface area (Å²) in [6.07, 6.45) is -3.05. The highest BCUT2D eigenvalue weighted by molar-refractivity contribution is 5.86. The minimum absolute atomic E-state index is 0.0428. The Bertz CT molecular complexity index is 1800. The van der Waals surface area contributed by atoms with Gasteiger partial charge in [-0.1, -0.05) is 12.1 Å². The second-order valence-corrected chi connectivity index (χ2v) is 9.19. The number of nitrogens with one attached hydrogen (secondary N) is 2. The lowest BCUT2D eigenvalue weighted by atomic mass is 10.1. The summed E-state index contributed by atoms with van der Waals surface area (Å²) in [5.74, 6) is 0.878. The zero-order valence-electron chi connectivity index (χ0n) is 21.2. The standard InChI is InChI=1S/C28H23F3N8/c1-16-19-11-9-18(15-24(19)37-39(16)3)38(2)25-12-13-32-27(36-25)33-17-8-10-20(21(14-17)28(29,30)31)26-34-22-6-4-5-7-23(22)35-26/h4-15H,1-3H3,(H,34,35)(H,32,33,36). The molecule has 0 saturated carbocycles. The molecule has 0 atom stereocenters. The molecule has 3 aromatic carbocycles. The molecule has 196 valence electrons. The fraction of sp³-hybridized carbons (Fsp3) is 0.143. The summed E-state index contributed by atoms with van der Waals surface area (Å²) in [6, 6.07) is 18.7. The van der Waals surface area contributed by atoms with Crippen molar-refractivity contribution in [3.05, 3.63) is 84.2 Å². The molecule has 0 unspecified atom stereocenters. The fourth-order valence-corrected chi connectivity index (χ4v) is 4.53. The lowest BCUT2D eigenvalue weighted by molar-refractivity contribution is -0.137. The van der Waals surface area contributed by atoms with E-state index in [9.17, 15) is 13.2 Å². The lowest BCUT2D eigenvalue weighted by Crippen LogP contribution is -2.12. The number of aromatic amines is 1. The maximum absolute atomic E-state index is 14.1. The SMILES string of the molecule is Cc1c2ccc(N(C)c3ccnc(Nc4ccc(-c5nc6ccccc6[nH]5)c(C(F)(F)F)c4)n3)cc2nn1C. The second-order valence-electron chi connectivity index (χ2n) is 9.19. The largest absolute Gasteiger partial charge is 0.417 e. The van der Waals surface area contributed by atoms with Gasteiger partial charge < -0.3 is 15.2 Å². The molecule has 3 aromatic heterocycles. The van der Waals surface area contributed by atoms with Crippen LogP contribution in [0.25, 0.3) is 33.3 Å². The Balaban J connectivity index is 1.30. The highest BCUT2D eigenvalue weighted by Gasteiger charge is 2.35. The van der Waals surface area contributed by atoms with Gasteiger partial charge in [0.05, 0.1) is 22.1 Å². The number of imidazole rings is 1. The Morgan fingerprint density at radius 1 is 0.949 bits per heavy atom. The van der Waals surface area contributed by atoms with Crippen LogP contribution in [-0.2, 0) is 13.2 Å². The lowest BCUT2D eigenvalue weighted by Gasteiger charge is -2.19. The highest BCUT2D eigenvalue weighted by Crippen LogP contribution is 2.39. The molecule has 0 aliphatic carbocycles. The van der Waals surface area contributed by atoms with E-state index in [-0.39, 0.29) is 23.0 Å². The number of rotatable bonds is 5. The van der Waals surface area contributed by atoms with Gasteiger partial charge in [-0.3, -0.25) is 4.68 Å². The first-order valence-electron chi connectivity index (χ1n) is 12.1. The Morgan fingerprint density at radius 2 is 1.77 bits per heavy atom. The van der Waals surface area contributed by atoms with Crippen LogP contribution in [0.2, 0.25) is 0 Å². The van der Waals surface area contributed by atoms with Crippen molar-refractivity contribution in [3.63, 3.8) is 0 Å².